The maximum atomic E-state index is 4.90. The maximum absolute atomic E-state index is 4.90. The topological polar surface area (TPSA) is 3.24 Å². The van der Waals surface area contributed by atoms with Crippen LogP contribution in [0.25, 0.3) is 0 Å². The third kappa shape index (κ3) is 3.61. The van der Waals surface area contributed by atoms with Crippen LogP contribution < -0.4 is 0 Å². The Morgan fingerprint density at radius 2 is 2.14 bits per heavy atom. The standard InChI is InChI=1S/C3H7NS2.Sn.H/c1-4(2)3(5)6;;/h1-2H3,(H,5,6);;/q;+1;/p-1. The van der Waals surface area contributed by atoms with E-state index in [-0.39, 0.29) is 0 Å². The monoisotopic (exact) mass is 241 g/mol. The minimum absolute atomic E-state index is 0.988. The summed E-state index contributed by atoms with van der Waals surface area (Å²) in [6.45, 7) is 0. The molecule has 0 aliphatic heterocycles. The van der Waals surface area contributed by atoms with Crippen molar-refractivity contribution in [2.75, 3.05) is 14.1 Å². The molecular weight excluding hydrogens is 233 g/mol. The van der Waals surface area contributed by atoms with E-state index in [2.05, 4.69) is 0 Å². The summed E-state index contributed by atoms with van der Waals surface area (Å²) in [7, 11) is 5.65. The first-order valence-electron chi connectivity index (χ1n) is 1.76. The predicted octanol–water partition coefficient (Wildman–Crippen LogP) is 0.382. The number of hydrogen-bond acceptors (Lipinski definition) is 2. The summed E-state index contributed by atoms with van der Waals surface area (Å²) in [5.41, 5.74) is 0. The van der Waals surface area contributed by atoms with E-state index in [4.69, 9.17) is 12.2 Å². The van der Waals surface area contributed by atoms with Gasteiger partial charge in [0.2, 0.25) is 0 Å². The van der Waals surface area contributed by atoms with Gasteiger partial charge < -0.3 is 0 Å². The second-order valence-corrected chi connectivity index (χ2v) is 4.56. The van der Waals surface area contributed by atoms with Crippen LogP contribution >= 0.6 is 21.2 Å². The van der Waals surface area contributed by atoms with E-state index in [0.717, 1.165) is 25.5 Å². The number of nitrogens with zero attached hydrogens (tertiary/aromatic N) is 1. The van der Waals surface area contributed by atoms with Crippen LogP contribution in [0.15, 0.2) is 0 Å². The van der Waals surface area contributed by atoms with Gasteiger partial charge in [0, 0.05) is 0 Å². The molecule has 0 rings (SSSR count). The van der Waals surface area contributed by atoms with Gasteiger partial charge >= 0.3 is 65.6 Å². The molecule has 2 radical (unpaired) electrons. The summed E-state index contributed by atoms with van der Waals surface area (Å²) in [6.07, 6.45) is 0. The third-order valence-corrected chi connectivity index (χ3v) is 5.06. The first-order chi connectivity index (χ1) is 3.18. The Balaban J connectivity index is 3.35. The van der Waals surface area contributed by atoms with Gasteiger partial charge in [0.05, 0.1) is 0 Å². The second-order valence-electron chi connectivity index (χ2n) is 1.28. The van der Waals surface area contributed by atoms with Crippen LogP contribution in [0.1, 0.15) is 0 Å². The van der Waals surface area contributed by atoms with E-state index in [0.29, 0.717) is 0 Å². The molecule has 0 spiro atoms. The Kier molecular flexibility index (Phi) is 4.56. The number of hydrogen-bond donors (Lipinski definition) is 0. The quantitative estimate of drug-likeness (QED) is 0.445. The number of thiocarbonyl (C=S) groups is 1. The molecule has 7 heavy (non-hydrogen) atoms. The third-order valence-electron chi connectivity index (χ3n) is 0.466. The Bertz CT molecular complexity index is 73.3. The van der Waals surface area contributed by atoms with Gasteiger partial charge in [-0.15, -0.1) is 0 Å². The van der Waals surface area contributed by atoms with E-state index in [9.17, 15) is 0 Å². The Labute approximate surface area is 65.4 Å². The summed E-state index contributed by atoms with van der Waals surface area (Å²) in [4.78, 5) is 1.95. The summed E-state index contributed by atoms with van der Waals surface area (Å²) in [5, 5.41) is 0. The summed E-state index contributed by atoms with van der Waals surface area (Å²) < 4.78 is 0.988. The molecule has 0 N–H and O–H groups in total. The van der Waals surface area contributed by atoms with E-state index >= 15 is 0 Å². The average molecular weight is 240 g/mol. The fourth-order valence-electron chi connectivity index (χ4n) is 0.105. The van der Waals surface area contributed by atoms with Gasteiger partial charge in [-0.05, 0) is 0 Å². The van der Waals surface area contributed by atoms with E-state index in [1.807, 2.05) is 19.0 Å². The molecule has 0 aliphatic rings. The zero-order valence-corrected chi connectivity index (χ0v) is 9.27. The average Bonchev–Trinajstić information content (AvgIpc) is 1.65. The van der Waals surface area contributed by atoms with Gasteiger partial charge in [0.15, 0.2) is 0 Å². The Hall–Kier alpha value is 1.04. The van der Waals surface area contributed by atoms with Crippen LogP contribution in [-0.4, -0.2) is 44.5 Å². The van der Waals surface area contributed by atoms with Gasteiger partial charge in [-0.1, -0.05) is 0 Å². The van der Waals surface area contributed by atoms with Crippen LogP contribution in [0.4, 0.5) is 0 Å². The van der Waals surface area contributed by atoms with E-state index in [1.54, 1.807) is 8.95 Å². The van der Waals surface area contributed by atoms with Crippen molar-refractivity contribution >= 4 is 46.6 Å². The van der Waals surface area contributed by atoms with Crippen LogP contribution in [0, 0.1) is 0 Å². The van der Waals surface area contributed by atoms with Crippen LogP contribution in [-0.2, 0) is 0 Å². The van der Waals surface area contributed by atoms with Crippen molar-refractivity contribution in [2.24, 2.45) is 0 Å². The first-order valence-corrected chi connectivity index (χ1v) is 7.09. The van der Waals surface area contributed by atoms with Crippen LogP contribution in [0.5, 0.6) is 0 Å². The Morgan fingerprint density at radius 3 is 2.14 bits per heavy atom. The van der Waals surface area contributed by atoms with Crippen LogP contribution in [0.2, 0.25) is 0 Å². The van der Waals surface area contributed by atoms with Crippen molar-refractivity contribution in [1.29, 1.82) is 0 Å². The molecule has 0 heterocycles. The van der Waals surface area contributed by atoms with Gasteiger partial charge in [-0.25, -0.2) is 0 Å². The molecule has 0 unspecified atom stereocenters. The van der Waals surface area contributed by atoms with Gasteiger partial charge in [-0.3, -0.25) is 0 Å². The predicted molar refractivity (Wildman–Crippen MR) is 41.0 cm³/mol. The van der Waals surface area contributed by atoms with E-state index < -0.39 is 0 Å². The molecule has 0 bridgehead atoms. The second kappa shape index (κ2) is 3.97. The van der Waals surface area contributed by atoms with Gasteiger partial charge in [0.1, 0.15) is 0 Å². The SMILES string of the molecule is CN(C)C(=S)[S][SnH]. The molecule has 0 aromatic heterocycles. The molecule has 0 aromatic carbocycles. The van der Waals surface area contributed by atoms with Crippen molar-refractivity contribution < 1.29 is 0 Å². The van der Waals surface area contributed by atoms with Crippen molar-refractivity contribution in [3.8, 4) is 0 Å². The fraction of sp³-hybridized carbons (Fsp3) is 0.667. The van der Waals surface area contributed by atoms with E-state index in [1.165, 1.54) is 0 Å². The zero-order chi connectivity index (χ0) is 5.86. The normalized spacial score (nSPS) is 8.43. The molecule has 0 saturated heterocycles. The van der Waals surface area contributed by atoms with Gasteiger partial charge in [0.25, 0.3) is 0 Å². The molecule has 0 amide bonds. The molecule has 0 aromatic rings. The molecule has 0 aliphatic carbocycles. The molecule has 0 fully saturated rings. The Morgan fingerprint density at radius 1 is 1.71 bits per heavy atom. The molecule has 40 valence electrons. The molecule has 0 atom stereocenters. The zero-order valence-electron chi connectivity index (χ0n) is 4.34. The van der Waals surface area contributed by atoms with Crippen molar-refractivity contribution in [3.63, 3.8) is 0 Å². The summed E-state index contributed by atoms with van der Waals surface area (Å²) >= 11 is 6.06. The van der Waals surface area contributed by atoms with Gasteiger partial charge in [-0.2, -0.15) is 0 Å². The first kappa shape index (κ1) is 8.04. The number of rotatable bonds is 0. The summed E-state index contributed by atoms with van der Waals surface area (Å²) in [5.74, 6) is 0. The van der Waals surface area contributed by atoms with Crippen LogP contribution in [0.3, 0.4) is 0 Å². The minimum atomic E-state index is 0.988. The van der Waals surface area contributed by atoms with Crippen molar-refractivity contribution in [1.82, 2.24) is 4.90 Å². The molecule has 1 nitrogen and oxygen atoms in total. The molecule has 0 saturated carbocycles. The van der Waals surface area contributed by atoms with Crippen molar-refractivity contribution in [3.05, 3.63) is 0 Å². The fourth-order valence-corrected chi connectivity index (χ4v) is 2.12. The van der Waals surface area contributed by atoms with Crippen molar-refractivity contribution in [2.45, 2.75) is 0 Å². The molecule has 4 heteroatoms. The summed E-state index contributed by atoms with van der Waals surface area (Å²) in [6, 6.07) is 0. The molecular formula is C3H7NS2Sn.